The van der Waals surface area contributed by atoms with Gasteiger partial charge in [-0.25, -0.2) is 4.98 Å². The number of aromatic nitrogens is 2. The zero-order chi connectivity index (χ0) is 16.2. The summed E-state index contributed by atoms with van der Waals surface area (Å²) >= 11 is 0. The van der Waals surface area contributed by atoms with Crippen LogP contribution in [0.2, 0.25) is 0 Å². The van der Waals surface area contributed by atoms with Crippen LogP contribution in [0.1, 0.15) is 10.5 Å². The molecule has 1 aromatic heterocycles. The van der Waals surface area contributed by atoms with Crippen molar-refractivity contribution < 1.29 is 9.59 Å². The quantitative estimate of drug-likeness (QED) is 0.872. The van der Waals surface area contributed by atoms with Gasteiger partial charge >= 0.3 is 0 Å². The Bertz CT molecular complexity index is 725. The summed E-state index contributed by atoms with van der Waals surface area (Å²) in [4.78, 5) is 36.4. The molecule has 0 aliphatic carbocycles. The zero-order valence-electron chi connectivity index (χ0n) is 13.0. The molecular weight excluding hydrogens is 294 g/mol. The van der Waals surface area contributed by atoms with Gasteiger partial charge in [0.05, 0.1) is 23.8 Å². The van der Waals surface area contributed by atoms with Crippen LogP contribution < -0.4 is 5.32 Å². The summed E-state index contributed by atoms with van der Waals surface area (Å²) in [6.07, 6.45) is 1.53. The van der Waals surface area contributed by atoms with E-state index in [0.717, 1.165) is 11.0 Å². The van der Waals surface area contributed by atoms with E-state index in [9.17, 15) is 9.59 Å². The van der Waals surface area contributed by atoms with Gasteiger partial charge in [0.1, 0.15) is 5.69 Å². The predicted molar refractivity (Wildman–Crippen MR) is 85.9 cm³/mol. The molecule has 1 fully saturated rings. The largest absolute Gasteiger partial charge is 0.358 e. The molecule has 2 amide bonds. The lowest BCUT2D eigenvalue weighted by Gasteiger charge is -2.34. The summed E-state index contributed by atoms with van der Waals surface area (Å²) in [6.45, 7) is 2.91. The second-order valence-electron chi connectivity index (χ2n) is 5.49. The normalized spacial score (nSPS) is 15.6. The van der Waals surface area contributed by atoms with Crippen LogP contribution in [0.3, 0.4) is 0 Å². The Hall–Kier alpha value is -2.54. The fourth-order valence-corrected chi connectivity index (χ4v) is 2.61. The lowest BCUT2D eigenvalue weighted by atomic mass is 10.2. The molecule has 0 atom stereocenters. The molecule has 23 heavy (non-hydrogen) atoms. The Morgan fingerprint density at radius 1 is 1.13 bits per heavy atom. The number of rotatable bonds is 3. The summed E-state index contributed by atoms with van der Waals surface area (Å²) in [5.74, 6) is -0.118. The van der Waals surface area contributed by atoms with Gasteiger partial charge in [0.15, 0.2) is 0 Å². The maximum atomic E-state index is 12.6. The molecule has 1 aromatic carbocycles. The summed E-state index contributed by atoms with van der Waals surface area (Å²) in [6, 6.07) is 7.49. The number of nitrogens with one attached hydrogen (secondary N) is 1. The fraction of sp³-hybridized carbons (Fsp3) is 0.375. The molecule has 0 saturated carbocycles. The Labute approximate surface area is 134 Å². The maximum Gasteiger partial charge on any atom is 0.274 e. The average molecular weight is 313 g/mol. The molecule has 2 aromatic rings. The van der Waals surface area contributed by atoms with Crippen LogP contribution in [0.15, 0.2) is 30.5 Å². The number of piperazine rings is 1. The van der Waals surface area contributed by atoms with Crippen LogP contribution in [0.5, 0.6) is 0 Å². The van der Waals surface area contributed by atoms with Crippen molar-refractivity contribution in [2.75, 3.05) is 39.8 Å². The molecule has 7 nitrogen and oxygen atoms in total. The van der Waals surface area contributed by atoms with Crippen LogP contribution in [0.4, 0.5) is 0 Å². The SMILES string of the molecule is CNC(=O)CN1CCN(C(=O)c2cnc3ccccc3n2)CC1. The molecule has 1 aliphatic rings. The Kier molecular flexibility index (Phi) is 4.47. The lowest BCUT2D eigenvalue weighted by molar-refractivity contribution is -0.122. The molecule has 0 unspecified atom stereocenters. The van der Waals surface area contributed by atoms with Crippen molar-refractivity contribution in [3.63, 3.8) is 0 Å². The van der Waals surface area contributed by atoms with Crippen molar-refractivity contribution in [2.45, 2.75) is 0 Å². The Balaban J connectivity index is 1.65. The van der Waals surface area contributed by atoms with Gasteiger partial charge in [0, 0.05) is 33.2 Å². The fourth-order valence-electron chi connectivity index (χ4n) is 2.61. The monoisotopic (exact) mass is 313 g/mol. The molecule has 3 rings (SSSR count). The first-order valence-electron chi connectivity index (χ1n) is 7.61. The minimum Gasteiger partial charge on any atom is -0.358 e. The van der Waals surface area contributed by atoms with E-state index in [4.69, 9.17) is 0 Å². The first-order valence-corrected chi connectivity index (χ1v) is 7.61. The smallest absolute Gasteiger partial charge is 0.274 e. The molecule has 0 bridgehead atoms. The highest BCUT2D eigenvalue weighted by atomic mass is 16.2. The van der Waals surface area contributed by atoms with E-state index in [1.807, 2.05) is 29.2 Å². The zero-order valence-corrected chi connectivity index (χ0v) is 13.0. The van der Waals surface area contributed by atoms with Crippen molar-refractivity contribution in [3.05, 3.63) is 36.2 Å². The third-order valence-corrected chi connectivity index (χ3v) is 3.97. The van der Waals surface area contributed by atoms with Gasteiger partial charge < -0.3 is 10.2 Å². The molecule has 1 aliphatic heterocycles. The van der Waals surface area contributed by atoms with Gasteiger partial charge in [-0.2, -0.15) is 0 Å². The number of nitrogens with zero attached hydrogens (tertiary/aromatic N) is 4. The molecule has 0 radical (unpaired) electrons. The minimum absolute atomic E-state index is 0.00910. The van der Waals surface area contributed by atoms with E-state index in [-0.39, 0.29) is 11.8 Å². The molecule has 1 saturated heterocycles. The Morgan fingerprint density at radius 2 is 1.83 bits per heavy atom. The van der Waals surface area contributed by atoms with E-state index in [1.165, 1.54) is 6.20 Å². The molecule has 0 spiro atoms. The first-order chi connectivity index (χ1) is 11.2. The van der Waals surface area contributed by atoms with Crippen LogP contribution in [0.25, 0.3) is 11.0 Å². The third-order valence-electron chi connectivity index (χ3n) is 3.97. The molecule has 120 valence electrons. The number of para-hydroxylation sites is 2. The van der Waals surface area contributed by atoms with Crippen LogP contribution in [0, 0.1) is 0 Å². The number of hydrogen-bond donors (Lipinski definition) is 1. The highest BCUT2D eigenvalue weighted by Crippen LogP contribution is 2.11. The van der Waals surface area contributed by atoms with Crippen molar-refractivity contribution in [1.29, 1.82) is 0 Å². The summed E-state index contributed by atoms with van der Waals surface area (Å²) in [5.41, 5.74) is 1.86. The van der Waals surface area contributed by atoms with Gasteiger partial charge in [-0.1, -0.05) is 12.1 Å². The molecular formula is C16H19N5O2. The number of amides is 2. The number of carbonyl (C=O) groups excluding carboxylic acids is 2. The van der Waals surface area contributed by atoms with Crippen molar-refractivity contribution in [2.24, 2.45) is 0 Å². The van der Waals surface area contributed by atoms with Crippen molar-refractivity contribution in [3.8, 4) is 0 Å². The topological polar surface area (TPSA) is 78.4 Å². The predicted octanol–water partition coefficient (Wildman–Crippen LogP) is 0.134. The maximum absolute atomic E-state index is 12.6. The minimum atomic E-state index is -0.108. The average Bonchev–Trinajstić information content (AvgIpc) is 2.61. The summed E-state index contributed by atoms with van der Waals surface area (Å²) < 4.78 is 0. The number of likely N-dealkylation sites (N-methyl/N-ethyl adjacent to an activating group) is 1. The third kappa shape index (κ3) is 3.45. The van der Waals surface area contributed by atoms with Crippen molar-refractivity contribution >= 4 is 22.8 Å². The van der Waals surface area contributed by atoms with E-state index >= 15 is 0 Å². The second-order valence-corrected chi connectivity index (χ2v) is 5.49. The van der Waals surface area contributed by atoms with Crippen LogP contribution in [-0.4, -0.2) is 71.4 Å². The summed E-state index contributed by atoms with van der Waals surface area (Å²) in [7, 11) is 1.63. The van der Waals surface area contributed by atoms with E-state index < -0.39 is 0 Å². The molecule has 1 N–H and O–H groups in total. The van der Waals surface area contributed by atoms with E-state index in [1.54, 1.807) is 11.9 Å². The highest BCUT2D eigenvalue weighted by molar-refractivity contribution is 5.93. The van der Waals surface area contributed by atoms with Gasteiger partial charge in [0.2, 0.25) is 5.91 Å². The molecule has 7 heteroatoms. The van der Waals surface area contributed by atoms with Crippen LogP contribution >= 0.6 is 0 Å². The number of benzene rings is 1. The lowest BCUT2D eigenvalue weighted by Crippen LogP contribution is -2.51. The highest BCUT2D eigenvalue weighted by Gasteiger charge is 2.24. The van der Waals surface area contributed by atoms with Gasteiger partial charge in [0.25, 0.3) is 5.91 Å². The van der Waals surface area contributed by atoms with Gasteiger partial charge in [-0.15, -0.1) is 0 Å². The number of carbonyl (C=O) groups is 2. The first kappa shape index (κ1) is 15.4. The molecule has 2 heterocycles. The second kappa shape index (κ2) is 6.70. The van der Waals surface area contributed by atoms with Crippen molar-refractivity contribution in [1.82, 2.24) is 25.1 Å². The van der Waals surface area contributed by atoms with Crippen LogP contribution in [-0.2, 0) is 4.79 Å². The number of fused-ring (bicyclic) bond motifs is 1. The van der Waals surface area contributed by atoms with Gasteiger partial charge in [-0.3, -0.25) is 19.5 Å². The van der Waals surface area contributed by atoms with Gasteiger partial charge in [-0.05, 0) is 12.1 Å². The number of hydrogen-bond acceptors (Lipinski definition) is 5. The van der Waals surface area contributed by atoms with E-state index in [0.29, 0.717) is 38.4 Å². The summed E-state index contributed by atoms with van der Waals surface area (Å²) in [5, 5.41) is 2.61. The standard InChI is InChI=1S/C16H19N5O2/c1-17-15(22)11-20-6-8-21(9-7-20)16(23)14-10-18-12-4-2-3-5-13(12)19-14/h2-5,10H,6-9,11H2,1H3,(H,17,22). The Morgan fingerprint density at radius 3 is 2.52 bits per heavy atom. The van der Waals surface area contributed by atoms with E-state index in [2.05, 4.69) is 15.3 Å².